The van der Waals surface area contributed by atoms with Crippen molar-refractivity contribution in [3.8, 4) is 0 Å². The number of piperidine rings is 1. The molecule has 1 saturated heterocycles. The highest BCUT2D eigenvalue weighted by molar-refractivity contribution is 4.78. The summed E-state index contributed by atoms with van der Waals surface area (Å²) in [5.74, 6) is 0.644. The van der Waals surface area contributed by atoms with Gasteiger partial charge in [0.15, 0.2) is 0 Å². The SMILES string of the molecule is CCCN(CCOCC(C)C)C1CCCNC1. The largest absolute Gasteiger partial charge is 0.380 e. The van der Waals surface area contributed by atoms with E-state index in [1.165, 1.54) is 32.4 Å². The van der Waals surface area contributed by atoms with E-state index in [2.05, 4.69) is 31.0 Å². The first-order chi connectivity index (χ1) is 8.24. The Hall–Kier alpha value is -0.120. The molecule has 0 aromatic carbocycles. The molecular formula is C14H30N2O. The Balaban J connectivity index is 2.21. The Kier molecular flexibility index (Phi) is 7.82. The van der Waals surface area contributed by atoms with Crippen LogP contribution >= 0.6 is 0 Å². The van der Waals surface area contributed by atoms with Crippen molar-refractivity contribution in [1.82, 2.24) is 10.2 Å². The fraction of sp³-hybridized carbons (Fsp3) is 1.00. The Labute approximate surface area is 107 Å². The molecule has 0 saturated carbocycles. The standard InChI is InChI=1S/C14H30N2O/c1-4-8-16(9-10-17-12-13(2)3)14-6-5-7-15-11-14/h13-15H,4-12H2,1-3H3. The number of nitrogens with one attached hydrogen (secondary N) is 1. The van der Waals surface area contributed by atoms with Gasteiger partial charge in [0.05, 0.1) is 6.61 Å². The Morgan fingerprint density at radius 3 is 2.76 bits per heavy atom. The third kappa shape index (κ3) is 6.39. The molecule has 0 aromatic rings. The predicted molar refractivity (Wildman–Crippen MR) is 73.4 cm³/mol. The van der Waals surface area contributed by atoms with E-state index < -0.39 is 0 Å². The zero-order chi connectivity index (χ0) is 12.5. The monoisotopic (exact) mass is 242 g/mol. The lowest BCUT2D eigenvalue weighted by Crippen LogP contribution is -2.47. The molecule has 102 valence electrons. The molecule has 0 spiro atoms. The van der Waals surface area contributed by atoms with Crippen LogP contribution in [0, 0.1) is 5.92 Å². The van der Waals surface area contributed by atoms with Crippen LogP contribution in [-0.2, 0) is 4.74 Å². The summed E-state index contributed by atoms with van der Waals surface area (Å²) in [5, 5.41) is 3.50. The van der Waals surface area contributed by atoms with E-state index in [4.69, 9.17) is 4.74 Å². The Bertz CT molecular complexity index is 179. The van der Waals surface area contributed by atoms with Crippen LogP contribution in [0.5, 0.6) is 0 Å². The molecule has 0 aliphatic carbocycles. The fourth-order valence-corrected chi connectivity index (χ4v) is 2.41. The van der Waals surface area contributed by atoms with E-state index in [1.54, 1.807) is 0 Å². The van der Waals surface area contributed by atoms with Crippen LogP contribution in [0.25, 0.3) is 0 Å². The summed E-state index contributed by atoms with van der Waals surface area (Å²) in [6.07, 6.45) is 3.90. The second-order valence-electron chi connectivity index (χ2n) is 5.50. The topological polar surface area (TPSA) is 24.5 Å². The average Bonchev–Trinajstić information content (AvgIpc) is 2.34. The van der Waals surface area contributed by atoms with Gasteiger partial charge in [-0.3, -0.25) is 4.90 Å². The normalized spacial score (nSPS) is 21.4. The van der Waals surface area contributed by atoms with Gasteiger partial charge < -0.3 is 10.1 Å². The second-order valence-corrected chi connectivity index (χ2v) is 5.50. The van der Waals surface area contributed by atoms with Crippen LogP contribution in [0.1, 0.15) is 40.0 Å². The van der Waals surface area contributed by atoms with Gasteiger partial charge in [0, 0.05) is 25.7 Å². The van der Waals surface area contributed by atoms with Crippen molar-refractivity contribution < 1.29 is 4.74 Å². The second kappa shape index (κ2) is 8.90. The molecule has 3 heteroatoms. The number of rotatable bonds is 8. The third-order valence-electron chi connectivity index (χ3n) is 3.27. The van der Waals surface area contributed by atoms with Gasteiger partial charge in [-0.15, -0.1) is 0 Å². The molecule has 1 unspecified atom stereocenters. The Morgan fingerprint density at radius 1 is 1.35 bits per heavy atom. The van der Waals surface area contributed by atoms with Crippen molar-refractivity contribution in [1.29, 1.82) is 0 Å². The minimum absolute atomic E-state index is 0.644. The summed E-state index contributed by atoms with van der Waals surface area (Å²) >= 11 is 0. The highest BCUT2D eigenvalue weighted by Crippen LogP contribution is 2.10. The van der Waals surface area contributed by atoms with E-state index in [0.717, 1.165) is 32.3 Å². The lowest BCUT2D eigenvalue weighted by atomic mass is 10.1. The minimum Gasteiger partial charge on any atom is -0.380 e. The summed E-state index contributed by atoms with van der Waals surface area (Å²) in [6, 6.07) is 0.728. The summed E-state index contributed by atoms with van der Waals surface area (Å²) in [5.41, 5.74) is 0. The van der Waals surface area contributed by atoms with Crippen molar-refractivity contribution in [3.63, 3.8) is 0 Å². The van der Waals surface area contributed by atoms with Gasteiger partial charge in [0.25, 0.3) is 0 Å². The van der Waals surface area contributed by atoms with Crippen molar-refractivity contribution in [2.24, 2.45) is 5.92 Å². The van der Waals surface area contributed by atoms with Crippen LogP contribution < -0.4 is 5.32 Å². The predicted octanol–water partition coefficient (Wildman–Crippen LogP) is 2.12. The van der Waals surface area contributed by atoms with Gasteiger partial charge in [-0.2, -0.15) is 0 Å². The lowest BCUT2D eigenvalue weighted by molar-refractivity contribution is 0.0666. The van der Waals surface area contributed by atoms with Gasteiger partial charge in [-0.25, -0.2) is 0 Å². The number of nitrogens with zero attached hydrogens (tertiary/aromatic N) is 1. The molecular weight excluding hydrogens is 212 g/mol. The smallest absolute Gasteiger partial charge is 0.0593 e. The molecule has 0 aromatic heterocycles. The van der Waals surface area contributed by atoms with E-state index in [0.29, 0.717) is 5.92 Å². The van der Waals surface area contributed by atoms with Gasteiger partial charge in [0.2, 0.25) is 0 Å². The van der Waals surface area contributed by atoms with Crippen LogP contribution in [0.15, 0.2) is 0 Å². The maximum atomic E-state index is 5.70. The number of hydrogen-bond acceptors (Lipinski definition) is 3. The van der Waals surface area contributed by atoms with Crippen molar-refractivity contribution >= 4 is 0 Å². The lowest BCUT2D eigenvalue weighted by Gasteiger charge is -2.34. The molecule has 1 aliphatic rings. The van der Waals surface area contributed by atoms with E-state index in [1.807, 2.05) is 0 Å². The minimum atomic E-state index is 0.644. The van der Waals surface area contributed by atoms with Crippen LogP contribution in [-0.4, -0.2) is 50.3 Å². The zero-order valence-corrected chi connectivity index (χ0v) is 11.9. The third-order valence-corrected chi connectivity index (χ3v) is 3.27. The molecule has 1 aliphatic heterocycles. The molecule has 1 fully saturated rings. The van der Waals surface area contributed by atoms with Crippen LogP contribution in [0.4, 0.5) is 0 Å². The highest BCUT2D eigenvalue weighted by atomic mass is 16.5. The molecule has 1 heterocycles. The summed E-state index contributed by atoms with van der Waals surface area (Å²) in [6.45, 7) is 13.1. The van der Waals surface area contributed by atoms with E-state index >= 15 is 0 Å². The molecule has 1 N–H and O–H groups in total. The highest BCUT2D eigenvalue weighted by Gasteiger charge is 2.19. The molecule has 3 nitrogen and oxygen atoms in total. The van der Waals surface area contributed by atoms with Crippen molar-refractivity contribution in [2.75, 3.05) is 39.4 Å². The first-order valence-electron chi connectivity index (χ1n) is 7.26. The van der Waals surface area contributed by atoms with Crippen molar-refractivity contribution in [2.45, 2.75) is 46.1 Å². The first kappa shape index (κ1) is 14.9. The number of hydrogen-bond donors (Lipinski definition) is 1. The molecule has 1 rings (SSSR count). The molecule has 0 radical (unpaired) electrons. The van der Waals surface area contributed by atoms with Gasteiger partial charge in [-0.1, -0.05) is 20.8 Å². The number of ether oxygens (including phenoxy) is 1. The van der Waals surface area contributed by atoms with Crippen molar-refractivity contribution in [3.05, 3.63) is 0 Å². The maximum Gasteiger partial charge on any atom is 0.0593 e. The first-order valence-corrected chi connectivity index (χ1v) is 7.26. The zero-order valence-electron chi connectivity index (χ0n) is 11.9. The quantitative estimate of drug-likeness (QED) is 0.660. The fourth-order valence-electron chi connectivity index (χ4n) is 2.41. The molecule has 0 amide bonds. The molecule has 17 heavy (non-hydrogen) atoms. The maximum absolute atomic E-state index is 5.70. The summed E-state index contributed by atoms with van der Waals surface area (Å²) in [4.78, 5) is 2.60. The van der Waals surface area contributed by atoms with Crippen LogP contribution in [0.3, 0.4) is 0 Å². The van der Waals surface area contributed by atoms with Gasteiger partial charge in [0.1, 0.15) is 0 Å². The van der Waals surface area contributed by atoms with Gasteiger partial charge in [-0.05, 0) is 38.3 Å². The summed E-state index contributed by atoms with van der Waals surface area (Å²) < 4.78 is 5.70. The van der Waals surface area contributed by atoms with Gasteiger partial charge >= 0.3 is 0 Å². The van der Waals surface area contributed by atoms with E-state index in [9.17, 15) is 0 Å². The Morgan fingerprint density at radius 2 is 2.18 bits per heavy atom. The average molecular weight is 242 g/mol. The molecule has 1 atom stereocenters. The summed E-state index contributed by atoms with van der Waals surface area (Å²) in [7, 11) is 0. The molecule has 0 bridgehead atoms. The van der Waals surface area contributed by atoms with E-state index in [-0.39, 0.29) is 0 Å². The van der Waals surface area contributed by atoms with Crippen LogP contribution in [0.2, 0.25) is 0 Å².